The second kappa shape index (κ2) is 9.11. The molecule has 10 heteroatoms. The highest BCUT2D eigenvalue weighted by Gasteiger charge is 2.21. The minimum atomic E-state index is -2.93. The Bertz CT molecular complexity index is 1180. The minimum absolute atomic E-state index is 0.0731. The highest BCUT2D eigenvalue weighted by Crippen LogP contribution is 2.34. The SMILES string of the molecule is NC(=O)c1cn(C(CO)CO)c(=O)c(-c2cccc(-c3c(F)cccc3C(F)F)c2)n1. The van der Waals surface area contributed by atoms with Gasteiger partial charge in [0.1, 0.15) is 17.2 Å². The molecule has 0 unspecified atom stereocenters. The van der Waals surface area contributed by atoms with Gasteiger partial charge in [-0.15, -0.1) is 0 Å². The maximum atomic E-state index is 14.4. The molecule has 0 saturated heterocycles. The summed E-state index contributed by atoms with van der Waals surface area (Å²) in [5.41, 5.74) is 3.26. The standard InChI is InChI=1S/C21H18F3N3O4/c22-15-6-2-5-14(19(23)24)17(15)11-3-1-4-12(7-11)18-21(31)27(13(9-28)10-29)8-16(26-18)20(25)30/h1-8,13,19,28-29H,9-10H2,(H2,25,30). The number of primary amides is 1. The Morgan fingerprint density at radius 2 is 1.74 bits per heavy atom. The second-order valence-electron chi connectivity index (χ2n) is 6.66. The lowest BCUT2D eigenvalue weighted by Crippen LogP contribution is -2.32. The van der Waals surface area contributed by atoms with Gasteiger partial charge in [0.2, 0.25) is 0 Å². The quantitative estimate of drug-likeness (QED) is 0.528. The molecular weight excluding hydrogens is 415 g/mol. The molecule has 0 aliphatic heterocycles. The smallest absolute Gasteiger partial charge is 0.277 e. The fraction of sp³-hybridized carbons (Fsp3) is 0.190. The third-order valence-electron chi connectivity index (χ3n) is 4.70. The maximum absolute atomic E-state index is 14.4. The molecule has 1 aromatic heterocycles. The molecule has 162 valence electrons. The van der Waals surface area contributed by atoms with E-state index in [1.165, 1.54) is 30.3 Å². The van der Waals surface area contributed by atoms with Gasteiger partial charge in [-0.25, -0.2) is 18.2 Å². The number of benzene rings is 2. The van der Waals surface area contributed by atoms with E-state index >= 15 is 0 Å². The predicted molar refractivity (Wildman–Crippen MR) is 106 cm³/mol. The highest BCUT2D eigenvalue weighted by atomic mass is 19.3. The van der Waals surface area contributed by atoms with Gasteiger partial charge in [-0.05, 0) is 17.7 Å². The first-order chi connectivity index (χ1) is 14.8. The Balaban J connectivity index is 2.25. The summed E-state index contributed by atoms with van der Waals surface area (Å²) < 4.78 is 42.2. The van der Waals surface area contributed by atoms with Crippen molar-refractivity contribution in [2.45, 2.75) is 12.5 Å². The summed E-state index contributed by atoms with van der Waals surface area (Å²) in [5, 5.41) is 18.9. The van der Waals surface area contributed by atoms with E-state index in [-0.39, 0.29) is 28.1 Å². The number of alkyl halides is 2. The summed E-state index contributed by atoms with van der Waals surface area (Å²) in [6.45, 7) is -1.21. The van der Waals surface area contributed by atoms with E-state index in [4.69, 9.17) is 5.73 Å². The lowest BCUT2D eigenvalue weighted by atomic mass is 9.97. The maximum Gasteiger partial charge on any atom is 0.277 e. The summed E-state index contributed by atoms with van der Waals surface area (Å²) in [6, 6.07) is 7.78. The molecule has 4 N–H and O–H groups in total. The van der Waals surface area contributed by atoms with Crippen molar-refractivity contribution < 1.29 is 28.2 Å². The Hall–Kier alpha value is -3.50. The van der Waals surface area contributed by atoms with E-state index in [0.717, 1.165) is 22.9 Å². The minimum Gasteiger partial charge on any atom is -0.394 e. The van der Waals surface area contributed by atoms with Gasteiger partial charge >= 0.3 is 0 Å². The number of nitrogens with two attached hydrogens (primary N) is 1. The summed E-state index contributed by atoms with van der Waals surface area (Å²) in [5.74, 6) is -1.83. The summed E-state index contributed by atoms with van der Waals surface area (Å²) in [6.07, 6.45) is -1.92. The van der Waals surface area contributed by atoms with Crippen LogP contribution < -0.4 is 11.3 Å². The molecule has 7 nitrogen and oxygen atoms in total. The van der Waals surface area contributed by atoms with Crippen molar-refractivity contribution in [1.29, 1.82) is 0 Å². The van der Waals surface area contributed by atoms with Gasteiger partial charge in [0.25, 0.3) is 17.9 Å². The summed E-state index contributed by atoms with van der Waals surface area (Å²) >= 11 is 0. The first-order valence-electron chi connectivity index (χ1n) is 9.10. The lowest BCUT2D eigenvalue weighted by Gasteiger charge is -2.17. The van der Waals surface area contributed by atoms with Crippen molar-refractivity contribution in [3.63, 3.8) is 0 Å². The summed E-state index contributed by atoms with van der Waals surface area (Å²) in [7, 11) is 0. The lowest BCUT2D eigenvalue weighted by molar-refractivity contribution is 0.0992. The van der Waals surface area contributed by atoms with Crippen LogP contribution >= 0.6 is 0 Å². The Morgan fingerprint density at radius 3 is 2.35 bits per heavy atom. The third-order valence-corrected chi connectivity index (χ3v) is 4.70. The molecule has 0 radical (unpaired) electrons. The molecule has 1 heterocycles. The molecule has 31 heavy (non-hydrogen) atoms. The first-order valence-corrected chi connectivity index (χ1v) is 9.10. The van der Waals surface area contributed by atoms with Crippen LogP contribution in [0.25, 0.3) is 22.4 Å². The number of rotatable bonds is 7. The molecule has 0 spiro atoms. The predicted octanol–water partition coefficient (Wildman–Crippen LogP) is 2.28. The number of aliphatic hydroxyl groups is 2. The van der Waals surface area contributed by atoms with Gasteiger partial charge in [0, 0.05) is 22.9 Å². The van der Waals surface area contributed by atoms with Gasteiger partial charge < -0.3 is 20.5 Å². The first kappa shape index (κ1) is 22.2. The molecule has 0 aliphatic rings. The zero-order chi connectivity index (χ0) is 22.7. The van der Waals surface area contributed by atoms with Crippen LogP contribution in [0.3, 0.4) is 0 Å². The number of hydrogen-bond acceptors (Lipinski definition) is 5. The van der Waals surface area contributed by atoms with Crippen LogP contribution in [0.5, 0.6) is 0 Å². The molecule has 1 amide bonds. The van der Waals surface area contributed by atoms with E-state index < -0.39 is 48.5 Å². The number of nitrogens with zero attached hydrogens (tertiary/aromatic N) is 2. The second-order valence-corrected chi connectivity index (χ2v) is 6.66. The van der Waals surface area contributed by atoms with E-state index in [9.17, 15) is 33.0 Å². The zero-order valence-electron chi connectivity index (χ0n) is 16.0. The van der Waals surface area contributed by atoms with Crippen LogP contribution in [0.2, 0.25) is 0 Å². The zero-order valence-corrected chi connectivity index (χ0v) is 16.0. The topological polar surface area (TPSA) is 118 Å². The van der Waals surface area contributed by atoms with Crippen LogP contribution in [0.1, 0.15) is 28.5 Å². The fourth-order valence-corrected chi connectivity index (χ4v) is 3.17. The van der Waals surface area contributed by atoms with Gasteiger partial charge in [0.15, 0.2) is 0 Å². The molecule has 3 rings (SSSR count). The number of halogens is 3. The number of aromatic nitrogens is 2. The van der Waals surface area contributed by atoms with E-state index in [1.54, 1.807) is 0 Å². The number of hydrogen-bond donors (Lipinski definition) is 3. The van der Waals surface area contributed by atoms with Crippen LogP contribution in [-0.2, 0) is 0 Å². The molecule has 0 aliphatic carbocycles. The fourth-order valence-electron chi connectivity index (χ4n) is 3.17. The average molecular weight is 433 g/mol. The Labute approximate surface area is 174 Å². The number of aliphatic hydroxyl groups excluding tert-OH is 2. The molecular formula is C21H18F3N3O4. The third kappa shape index (κ3) is 4.35. The largest absolute Gasteiger partial charge is 0.394 e. The highest BCUT2D eigenvalue weighted by molar-refractivity contribution is 5.91. The van der Waals surface area contributed by atoms with Crippen molar-refractivity contribution in [3.05, 3.63) is 76.1 Å². The number of amides is 1. The van der Waals surface area contributed by atoms with Crippen LogP contribution in [0.4, 0.5) is 13.2 Å². The van der Waals surface area contributed by atoms with Gasteiger partial charge in [0.05, 0.1) is 19.3 Å². The van der Waals surface area contributed by atoms with Crippen molar-refractivity contribution in [1.82, 2.24) is 9.55 Å². The van der Waals surface area contributed by atoms with Gasteiger partial charge in [-0.2, -0.15) is 0 Å². The van der Waals surface area contributed by atoms with Crippen LogP contribution in [0, 0.1) is 5.82 Å². The normalized spacial score (nSPS) is 11.3. The van der Waals surface area contributed by atoms with E-state index in [2.05, 4.69) is 4.98 Å². The Morgan fingerprint density at radius 1 is 1.10 bits per heavy atom. The van der Waals surface area contributed by atoms with E-state index in [1.807, 2.05) is 0 Å². The van der Waals surface area contributed by atoms with Crippen molar-refractivity contribution >= 4 is 5.91 Å². The molecule has 0 atom stereocenters. The number of carbonyl (C=O) groups excluding carboxylic acids is 1. The van der Waals surface area contributed by atoms with Gasteiger partial charge in [-0.1, -0.05) is 30.3 Å². The van der Waals surface area contributed by atoms with Crippen molar-refractivity contribution in [2.75, 3.05) is 13.2 Å². The van der Waals surface area contributed by atoms with Crippen LogP contribution in [-0.4, -0.2) is 38.9 Å². The molecule has 0 fully saturated rings. The Kier molecular flexibility index (Phi) is 6.52. The van der Waals surface area contributed by atoms with Crippen molar-refractivity contribution in [3.8, 4) is 22.4 Å². The van der Waals surface area contributed by atoms with Crippen LogP contribution in [0.15, 0.2) is 53.5 Å². The molecule has 3 aromatic rings. The van der Waals surface area contributed by atoms with E-state index in [0.29, 0.717) is 0 Å². The average Bonchev–Trinajstić information content (AvgIpc) is 2.75. The van der Waals surface area contributed by atoms with Gasteiger partial charge in [-0.3, -0.25) is 9.59 Å². The van der Waals surface area contributed by atoms with Crippen molar-refractivity contribution in [2.24, 2.45) is 5.73 Å². The number of carbonyl (C=O) groups is 1. The molecule has 0 bridgehead atoms. The summed E-state index contributed by atoms with van der Waals surface area (Å²) in [4.78, 5) is 28.6. The molecule has 0 saturated carbocycles. The molecule has 2 aromatic carbocycles. The monoisotopic (exact) mass is 433 g/mol.